The van der Waals surface area contributed by atoms with E-state index in [1.54, 1.807) is 23.9 Å². The summed E-state index contributed by atoms with van der Waals surface area (Å²) in [5.41, 5.74) is 4.23. The zero-order valence-corrected chi connectivity index (χ0v) is 15.5. The van der Waals surface area contributed by atoms with Crippen LogP contribution in [0.3, 0.4) is 0 Å². The standard InChI is InChI=1S/C22H20N4O2/c1-15(28)8-11-18-4-2-6-20(24-18)16-9-10-17-13-23-26(21(17)12-16)22-7-3-5-19(14-27)25-22/h2-7,9-10,12-13,27H,8,11,14H2,1H3. The van der Waals surface area contributed by atoms with E-state index in [1.165, 1.54) is 0 Å². The minimum absolute atomic E-state index is 0.116. The second kappa shape index (κ2) is 7.70. The number of aryl methyl sites for hydroxylation is 1. The number of hydrogen-bond acceptors (Lipinski definition) is 5. The highest BCUT2D eigenvalue weighted by atomic mass is 16.3. The number of ketones is 1. The zero-order valence-electron chi connectivity index (χ0n) is 15.5. The van der Waals surface area contributed by atoms with Gasteiger partial charge in [-0.3, -0.25) is 4.98 Å². The van der Waals surface area contributed by atoms with Crippen molar-refractivity contribution in [2.24, 2.45) is 0 Å². The number of benzene rings is 1. The van der Waals surface area contributed by atoms with Crippen LogP contribution >= 0.6 is 0 Å². The first-order chi connectivity index (χ1) is 13.6. The molecule has 1 aromatic carbocycles. The van der Waals surface area contributed by atoms with Gasteiger partial charge < -0.3 is 9.90 Å². The van der Waals surface area contributed by atoms with Crippen LogP contribution in [0.5, 0.6) is 0 Å². The summed E-state index contributed by atoms with van der Waals surface area (Å²) in [7, 11) is 0. The molecule has 140 valence electrons. The van der Waals surface area contributed by atoms with Crippen molar-refractivity contribution in [3.63, 3.8) is 0 Å². The van der Waals surface area contributed by atoms with Crippen molar-refractivity contribution in [1.29, 1.82) is 0 Å². The Morgan fingerprint density at radius 3 is 2.68 bits per heavy atom. The molecule has 0 saturated carbocycles. The molecule has 0 aliphatic rings. The van der Waals surface area contributed by atoms with Crippen molar-refractivity contribution < 1.29 is 9.90 Å². The molecule has 0 fully saturated rings. The van der Waals surface area contributed by atoms with E-state index in [0.717, 1.165) is 27.9 Å². The van der Waals surface area contributed by atoms with Crippen molar-refractivity contribution in [2.45, 2.75) is 26.4 Å². The predicted molar refractivity (Wildman–Crippen MR) is 107 cm³/mol. The Morgan fingerprint density at radius 1 is 1.04 bits per heavy atom. The van der Waals surface area contributed by atoms with Gasteiger partial charge in [0.2, 0.25) is 0 Å². The molecule has 3 heterocycles. The number of aromatic nitrogens is 4. The molecule has 0 bridgehead atoms. The first kappa shape index (κ1) is 18.0. The first-order valence-electron chi connectivity index (χ1n) is 9.15. The molecular weight excluding hydrogens is 352 g/mol. The molecular formula is C22H20N4O2. The monoisotopic (exact) mass is 372 g/mol. The maximum absolute atomic E-state index is 11.2. The molecule has 28 heavy (non-hydrogen) atoms. The van der Waals surface area contributed by atoms with E-state index in [0.29, 0.717) is 24.4 Å². The fraction of sp³-hybridized carbons (Fsp3) is 0.182. The van der Waals surface area contributed by atoms with Crippen molar-refractivity contribution >= 4 is 16.7 Å². The number of aliphatic hydroxyl groups is 1. The zero-order chi connectivity index (χ0) is 19.5. The molecule has 0 radical (unpaired) electrons. The Kier molecular flexibility index (Phi) is 4.95. The third kappa shape index (κ3) is 3.68. The van der Waals surface area contributed by atoms with Gasteiger partial charge in [0, 0.05) is 23.1 Å². The molecule has 0 atom stereocenters. The Hall–Kier alpha value is -3.38. The van der Waals surface area contributed by atoms with E-state index >= 15 is 0 Å². The van der Waals surface area contributed by atoms with Crippen LogP contribution in [0.4, 0.5) is 0 Å². The van der Waals surface area contributed by atoms with Gasteiger partial charge in [0.15, 0.2) is 5.82 Å². The molecule has 0 aliphatic heterocycles. The first-order valence-corrected chi connectivity index (χ1v) is 9.15. The number of rotatable bonds is 6. The summed E-state index contributed by atoms with van der Waals surface area (Å²) in [6, 6.07) is 17.4. The highest BCUT2D eigenvalue weighted by Gasteiger charge is 2.10. The summed E-state index contributed by atoms with van der Waals surface area (Å²) in [6.07, 6.45) is 2.93. The molecule has 4 aromatic rings. The number of carbonyl (C=O) groups excluding carboxylic acids is 1. The Balaban J connectivity index is 1.74. The minimum Gasteiger partial charge on any atom is -0.390 e. The van der Waals surface area contributed by atoms with E-state index in [2.05, 4.69) is 10.1 Å². The largest absolute Gasteiger partial charge is 0.390 e. The molecule has 0 saturated heterocycles. The summed E-state index contributed by atoms with van der Waals surface area (Å²) in [6.45, 7) is 1.48. The van der Waals surface area contributed by atoms with Crippen LogP contribution in [0, 0.1) is 0 Å². The summed E-state index contributed by atoms with van der Waals surface area (Å²) >= 11 is 0. The Bertz CT molecular complexity index is 1150. The van der Waals surface area contributed by atoms with Crippen LogP contribution in [0.25, 0.3) is 28.0 Å². The van der Waals surface area contributed by atoms with Gasteiger partial charge in [-0.2, -0.15) is 5.10 Å². The number of hydrogen-bond donors (Lipinski definition) is 1. The maximum Gasteiger partial charge on any atom is 0.154 e. The molecule has 6 nitrogen and oxygen atoms in total. The quantitative estimate of drug-likeness (QED) is 0.560. The van der Waals surface area contributed by atoms with Crippen LogP contribution in [0.1, 0.15) is 24.7 Å². The summed E-state index contributed by atoms with van der Waals surface area (Å²) < 4.78 is 1.76. The molecule has 0 unspecified atom stereocenters. The average Bonchev–Trinajstić information content (AvgIpc) is 3.16. The Morgan fingerprint density at radius 2 is 1.86 bits per heavy atom. The molecule has 0 spiro atoms. The van der Waals surface area contributed by atoms with Gasteiger partial charge in [-0.05, 0) is 43.7 Å². The van der Waals surface area contributed by atoms with E-state index in [-0.39, 0.29) is 12.4 Å². The lowest BCUT2D eigenvalue weighted by molar-refractivity contribution is -0.116. The smallest absolute Gasteiger partial charge is 0.154 e. The number of carbonyl (C=O) groups is 1. The molecule has 1 N–H and O–H groups in total. The summed E-state index contributed by atoms with van der Waals surface area (Å²) in [5, 5.41) is 14.8. The topological polar surface area (TPSA) is 80.9 Å². The fourth-order valence-electron chi connectivity index (χ4n) is 3.12. The molecule has 4 rings (SSSR count). The van der Waals surface area contributed by atoms with Gasteiger partial charge in [0.05, 0.1) is 29.7 Å². The van der Waals surface area contributed by atoms with Crippen LogP contribution in [0.2, 0.25) is 0 Å². The van der Waals surface area contributed by atoms with E-state index in [9.17, 15) is 9.90 Å². The third-order valence-corrected chi connectivity index (χ3v) is 4.58. The number of Topliss-reactive ketones (excluding diaryl/α,β-unsaturated/α-hetero) is 1. The molecule has 6 heteroatoms. The van der Waals surface area contributed by atoms with Gasteiger partial charge in [0.25, 0.3) is 0 Å². The lowest BCUT2D eigenvalue weighted by atomic mass is 10.1. The van der Waals surface area contributed by atoms with Crippen LogP contribution in [-0.4, -0.2) is 30.6 Å². The van der Waals surface area contributed by atoms with Crippen molar-refractivity contribution in [3.05, 3.63) is 72.2 Å². The van der Waals surface area contributed by atoms with Crippen LogP contribution in [-0.2, 0) is 17.8 Å². The van der Waals surface area contributed by atoms with Crippen molar-refractivity contribution in [3.8, 4) is 17.1 Å². The normalized spacial score (nSPS) is 11.1. The molecule has 3 aromatic heterocycles. The van der Waals surface area contributed by atoms with Gasteiger partial charge in [0.1, 0.15) is 5.78 Å². The van der Waals surface area contributed by atoms with Crippen LogP contribution in [0.15, 0.2) is 60.8 Å². The Labute approximate surface area is 162 Å². The number of nitrogens with zero attached hydrogens (tertiary/aromatic N) is 4. The highest BCUT2D eigenvalue weighted by Crippen LogP contribution is 2.25. The van der Waals surface area contributed by atoms with E-state index < -0.39 is 0 Å². The van der Waals surface area contributed by atoms with Crippen molar-refractivity contribution in [1.82, 2.24) is 19.7 Å². The molecule has 0 aliphatic carbocycles. The number of pyridine rings is 2. The summed E-state index contributed by atoms with van der Waals surface area (Å²) in [5.74, 6) is 0.817. The highest BCUT2D eigenvalue weighted by molar-refractivity contribution is 5.84. The van der Waals surface area contributed by atoms with Crippen molar-refractivity contribution in [2.75, 3.05) is 0 Å². The lowest BCUT2D eigenvalue weighted by Gasteiger charge is -2.07. The SMILES string of the molecule is CC(=O)CCc1cccc(-c2ccc3cnn(-c4cccc(CO)n4)c3c2)n1. The third-order valence-electron chi connectivity index (χ3n) is 4.58. The minimum atomic E-state index is -0.116. The second-order valence-corrected chi connectivity index (χ2v) is 6.69. The van der Waals surface area contributed by atoms with Crippen LogP contribution < -0.4 is 0 Å². The van der Waals surface area contributed by atoms with E-state index in [4.69, 9.17) is 4.98 Å². The summed E-state index contributed by atoms with van der Waals surface area (Å²) in [4.78, 5) is 20.4. The predicted octanol–water partition coefficient (Wildman–Crippen LogP) is 3.50. The van der Waals surface area contributed by atoms with Gasteiger partial charge in [-0.1, -0.05) is 24.3 Å². The maximum atomic E-state index is 11.2. The molecule has 0 amide bonds. The van der Waals surface area contributed by atoms with Gasteiger partial charge in [-0.25, -0.2) is 9.67 Å². The van der Waals surface area contributed by atoms with Gasteiger partial charge in [-0.15, -0.1) is 0 Å². The average molecular weight is 372 g/mol. The fourth-order valence-corrected chi connectivity index (χ4v) is 3.12. The number of fused-ring (bicyclic) bond motifs is 1. The lowest BCUT2D eigenvalue weighted by Crippen LogP contribution is -2.01. The van der Waals surface area contributed by atoms with Gasteiger partial charge >= 0.3 is 0 Å². The second-order valence-electron chi connectivity index (χ2n) is 6.69. The van der Waals surface area contributed by atoms with E-state index in [1.807, 2.05) is 48.5 Å². The number of aliphatic hydroxyl groups excluding tert-OH is 1.